The van der Waals surface area contributed by atoms with Crippen molar-refractivity contribution in [1.82, 2.24) is 5.32 Å². The molecule has 0 saturated heterocycles. The molecule has 0 heterocycles. The van der Waals surface area contributed by atoms with Crippen LogP contribution in [0, 0.1) is 5.41 Å². The van der Waals surface area contributed by atoms with Crippen molar-refractivity contribution >= 4 is 17.7 Å². The number of phenolic OH excluding ortho intramolecular Hbond substituents is 1. The number of nitrogens with two attached hydrogens (primary N) is 1. The zero-order valence-corrected chi connectivity index (χ0v) is 16.1. The molecule has 1 aliphatic carbocycles. The average molecular weight is 406 g/mol. The molecule has 0 saturated carbocycles. The molecule has 2 atom stereocenters. The standard InChI is InChI=1S/C23H22N2O5/c24-19(13-15-8-10-18(26)11-9-15)20(27)23(22(29)30)12-4-7-17(14-23)25-21(28)16-5-2-1-3-6-16/h1-12,19,26H,13-14,24H2,(H,25,28)(H,29,30)/t19-,23?/m0/s1. The fourth-order valence-electron chi connectivity index (χ4n) is 3.37. The molecular weight excluding hydrogens is 384 g/mol. The highest BCUT2D eigenvalue weighted by Gasteiger charge is 2.47. The summed E-state index contributed by atoms with van der Waals surface area (Å²) in [6.07, 6.45) is 4.24. The lowest BCUT2D eigenvalue weighted by molar-refractivity contribution is -0.152. The number of benzene rings is 2. The average Bonchev–Trinajstić information content (AvgIpc) is 2.75. The van der Waals surface area contributed by atoms with Crippen LogP contribution in [-0.2, 0) is 16.0 Å². The minimum Gasteiger partial charge on any atom is -0.508 e. The highest BCUT2D eigenvalue weighted by Crippen LogP contribution is 2.34. The Morgan fingerprint density at radius 2 is 1.73 bits per heavy atom. The number of hydrogen-bond donors (Lipinski definition) is 4. The van der Waals surface area contributed by atoms with Crippen LogP contribution in [0.2, 0.25) is 0 Å². The van der Waals surface area contributed by atoms with Gasteiger partial charge in [0, 0.05) is 17.7 Å². The third-order valence-electron chi connectivity index (χ3n) is 5.01. The molecule has 0 bridgehead atoms. The van der Waals surface area contributed by atoms with Crippen LogP contribution >= 0.6 is 0 Å². The number of nitrogens with one attached hydrogen (secondary N) is 1. The maximum absolute atomic E-state index is 13.1. The first-order valence-electron chi connectivity index (χ1n) is 9.38. The summed E-state index contributed by atoms with van der Waals surface area (Å²) >= 11 is 0. The van der Waals surface area contributed by atoms with Gasteiger partial charge in [-0.2, -0.15) is 0 Å². The van der Waals surface area contributed by atoms with Gasteiger partial charge in [-0.1, -0.05) is 42.5 Å². The molecule has 1 amide bonds. The first kappa shape index (κ1) is 21.0. The monoisotopic (exact) mass is 406 g/mol. The van der Waals surface area contributed by atoms with Crippen molar-refractivity contribution in [1.29, 1.82) is 0 Å². The lowest BCUT2D eigenvalue weighted by Gasteiger charge is -2.30. The molecule has 1 unspecified atom stereocenters. The Morgan fingerprint density at radius 3 is 2.37 bits per heavy atom. The largest absolute Gasteiger partial charge is 0.508 e. The summed E-state index contributed by atoms with van der Waals surface area (Å²) < 4.78 is 0. The van der Waals surface area contributed by atoms with Gasteiger partial charge < -0.3 is 21.3 Å². The van der Waals surface area contributed by atoms with Gasteiger partial charge in [-0.05, 0) is 42.3 Å². The Kier molecular flexibility index (Phi) is 6.13. The Labute approximate surface area is 173 Å². The van der Waals surface area contributed by atoms with Crippen LogP contribution in [0.15, 0.2) is 78.5 Å². The number of aromatic hydroxyl groups is 1. The minimum absolute atomic E-state index is 0.0832. The number of rotatable bonds is 7. The molecule has 154 valence electrons. The number of allylic oxidation sites excluding steroid dienone is 3. The minimum atomic E-state index is -1.87. The molecule has 0 aliphatic heterocycles. The van der Waals surface area contributed by atoms with Gasteiger partial charge in [-0.15, -0.1) is 0 Å². The molecule has 7 nitrogen and oxygen atoms in total. The summed E-state index contributed by atoms with van der Waals surface area (Å²) in [6.45, 7) is 0. The predicted molar refractivity (Wildman–Crippen MR) is 111 cm³/mol. The van der Waals surface area contributed by atoms with E-state index in [1.807, 2.05) is 0 Å². The summed E-state index contributed by atoms with van der Waals surface area (Å²) in [5.74, 6) is -2.29. The maximum Gasteiger partial charge on any atom is 0.321 e. The van der Waals surface area contributed by atoms with Gasteiger partial charge in [0.05, 0.1) is 6.04 Å². The van der Waals surface area contributed by atoms with Crippen LogP contribution in [0.1, 0.15) is 22.3 Å². The van der Waals surface area contributed by atoms with Gasteiger partial charge in [-0.25, -0.2) is 0 Å². The number of aliphatic carboxylic acids is 1. The van der Waals surface area contributed by atoms with E-state index in [1.54, 1.807) is 48.5 Å². The molecule has 1 aliphatic rings. The highest BCUT2D eigenvalue weighted by molar-refractivity contribution is 6.08. The topological polar surface area (TPSA) is 130 Å². The van der Waals surface area contributed by atoms with Gasteiger partial charge >= 0.3 is 5.97 Å². The van der Waals surface area contributed by atoms with Gasteiger partial charge in [0.25, 0.3) is 5.91 Å². The third kappa shape index (κ3) is 4.47. The van der Waals surface area contributed by atoms with E-state index in [9.17, 15) is 24.6 Å². The number of phenols is 1. The second-order valence-corrected chi connectivity index (χ2v) is 7.17. The fourth-order valence-corrected chi connectivity index (χ4v) is 3.37. The Balaban J connectivity index is 1.76. The Bertz CT molecular complexity index is 1010. The van der Waals surface area contributed by atoms with Crippen molar-refractivity contribution < 1.29 is 24.6 Å². The lowest BCUT2D eigenvalue weighted by atomic mass is 9.73. The number of carboxylic acids is 1. The van der Waals surface area contributed by atoms with Gasteiger partial charge in [-0.3, -0.25) is 14.4 Å². The van der Waals surface area contributed by atoms with Crippen molar-refractivity contribution in [2.24, 2.45) is 11.1 Å². The molecule has 0 aromatic heterocycles. The van der Waals surface area contributed by atoms with E-state index >= 15 is 0 Å². The lowest BCUT2D eigenvalue weighted by Crippen LogP contribution is -2.49. The van der Waals surface area contributed by atoms with Crippen molar-refractivity contribution in [3.05, 3.63) is 89.6 Å². The number of hydrogen-bond acceptors (Lipinski definition) is 5. The van der Waals surface area contributed by atoms with E-state index in [1.165, 1.54) is 24.3 Å². The van der Waals surface area contributed by atoms with E-state index in [2.05, 4.69) is 5.32 Å². The number of ketones is 1. The summed E-state index contributed by atoms with van der Waals surface area (Å²) in [6, 6.07) is 13.6. The Morgan fingerprint density at radius 1 is 1.07 bits per heavy atom. The summed E-state index contributed by atoms with van der Waals surface area (Å²) in [4.78, 5) is 37.6. The van der Waals surface area contributed by atoms with E-state index in [-0.39, 0.29) is 18.6 Å². The fraction of sp³-hybridized carbons (Fsp3) is 0.174. The molecule has 7 heteroatoms. The van der Waals surface area contributed by atoms with Crippen LogP contribution in [0.3, 0.4) is 0 Å². The van der Waals surface area contributed by atoms with E-state index < -0.39 is 29.1 Å². The number of carboxylic acid groups (broad SMARTS) is 1. The number of carbonyl (C=O) groups excluding carboxylic acids is 2. The zero-order chi connectivity index (χ0) is 21.7. The quantitative estimate of drug-likeness (QED) is 0.522. The first-order chi connectivity index (χ1) is 14.3. The van der Waals surface area contributed by atoms with Gasteiger partial charge in [0.2, 0.25) is 0 Å². The molecule has 3 rings (SSSR count). The van der Waals surface area contributed by atoms with Crippen LogP contribution in [-0.4, -0.2) is 33.9 Å². The number of carbonyl (C=O) groups is 3. The normalized spacial score (nSPS) is 18.9. The van der Waals surface area contributed by atoms with Gasteiger partial charge in [0.1, 0.15) is 5.75 Å². The van der Waals surface area contributed by atoms with Crippen LogP contribution in [0.25, 0.3) is 0 Å². The molecule has 30 heavy (non-hydrogen) atoms. The van der Waals surface area contributed by atoms with E-state index in [0.717, 1.165) is 0 Å². The van der Waals surface area contributed by atoms with Crippen LogP contribution in [0.4, 0.5) is 0 Å². The maximum atomic E-state index is 13.1. The number of amides is 1. The van der Waals surface area contributed by atoms with E-state index in [4.69, 9.17) is 5.73 Å². The molecule has 0 fully saturated rings. The van der Waals surface area contributed by atoms with Crippen molar-refractivity contribution in [3.63, 3.8) is 0 Å². The zero-order valence-electron chi connectivity index (χ0n) is 16.1. The van der Waals surface area contributed by atoms with Crippen molar-refractivity contribution in [2.45, 2.75) is 18.9 Å². The third-order valence-corrected chi connectivity index (χ3v) is 5.01. The summed E-state index contributed by atoms with van der Waals surface area (Å²) in [7, 11) is 0. The smallest absolute Gasteiger partial charge is 0.321 e. The summed E-state index contributed by atoms with van der Waals surface area (Å²) in [5, 5.41) is 21.9. The van der Waals surface area contributed by atoms with Crippen LogP contribution in [0.5, 0.6) is 5.75 Å². The summed E-state index contributed by atoms with van der Waals surface area (Å²) in [5.41, 5.74) is 5.63. The highest BCUT2D eigenvalue weighted by atomic mass is 16.4. The Hall–Kier alpha value is -3.71. The van der Waals surface area contributed by atoms with Crippen LogP contribution < -0.4 is 11.1 Å². The molecular formula is C23H22N2O5. The molecule has 2 aromatic carbocycles. The molecule has 0 radical (unpaired) electrons. The second-order valence-electron chi connectivity index (χ2n) is 7.17. The van der Waals surface area contributed by atoms with Crippen molar-refractivity contribution in [2.75, 3.05) is 0 Å². The van der Waals surface area contributed by atoms with Gasteiger partial charge in [0.15, 0.2) is 11.2 Å². The SMILES string of the molecule is N[C@@H](Cc1ccc(O)cc1)C(=O)C1(C(=O)O)C=CC=C(NC(=O)c2ccccc2)C1. The first-order valence-corrected chi connectivity index (χ1v) is 9.38. The number of Topliss-reactive ketones (excluding diaryl/α,β-unsaturated/α-hetero) is 1. The predicted octanol–water partition coefficient (Wildman–Crippen LogP) is 2.18. The van der Waals surface area contributed by atoms with E-state index in [0.29, 0.717) is 16.8 Å². The second kappa shape index (κ2) is 8.75. The molecule has 0 spiro atoms. The molecule has 5 N–H and O–H groups in total. The van der Waals surface area contributed by atoms with Crippen molar-refractivity contribution in [3.8, 4) is 5.75 Å². The molecule has 2 aromatic rings.